The summed E-state index contributed by atoms with van der Waals surface area (Å²) in [4.78, 5) is 23.0. The number of rotatable bonds is 6. The molecule has 2 aliphatic rings. The highest BCUT2D eigenvalue weighted by molar-refractivity contribution is 8.05. The van der Waals surface area contributed by atoms with Crippen LogP contribution in [-0.4, -0.2) is 44.8 Å². The molecule has 0 aliphatic carbocycles. The first-order valence-electron chi connectivity index (χ1n) is 10.6. The number of nitrogens with zero attached hydrogens (tertiary/aromatic N) is 4. The van der Waals surface area contributed by atoms with Crippen molar-refractivity contribution in [3.05, 3.63) is 70.2 Å². The molecule has 1 amide bonds. The fourth-order valence-electron chi connectivity index (χ4n) is 3.97. The average molecular weight is 464 g/mol. The lowest BCUT2D eigenvalue weighted by molar-refractivity contribution is 0.101. The first-order chi connectivity index (χ1) is 16.1. The van der Waals surface area contributed by atoms with Crippen molar-refractivity contribution in [3.63, 3.8) is 0 Å². The summed E-state index contributed by atoms with van der Waals surface area (Å²) in [5, 5.41) is 9.00. The van der Waals surface area contributed by atoms with Gasteiger partial charge in [-0.1, -0.05) is 29.3 Å². The number of carbonyl (C=O) groups excluding carboxylic acids is 1. The van der Waals surface area contributed by atoms with Crippen LogP contribution in [0.4, 0.5) is 15.8 Å². The molecular formula is C23H22FN7OS. The number of aromatic nitrogens is 4. The second-order valence-electron chi connectivity index (χ2n) is 7.94. The highest BCUT2D eigenvalue weighted by Crippen LogP contribution is 2.31. The Balaban J connectivity index is 1.32. The fraction of sp³-hybridized carbons (Fsp3) is 0.261. The summed E-state index contributed by atoms with van der Waals surface area (Å²) in [7, 11) is 0. The Hall–Kier alpha value is -3.55. The molecule has 2 aliphatic heterocycles. The standard InChI is InChI=1S/C23H22FN7OS/c24-18-6-1-7-19(21(18)30-8-2-4-16(25)13-30)29-23(32)22-26-11-20(28-22)15-10-27-31(12-15)14-17-5-3-9-33-17/h1,6-7,9-12,16H,2,4,8,13-14,25H2,(H,26,28)(H,29,32). The van der Waals surface area contributed by atoms with E-state index >= 15 is 0 Å². The van der Waals surface area contributed by atoms with E-state index in [1.807, 2.05) is 16.5 Å². The molecule has 1 atom stereocenters. The molecule has 3 aromatic rings. The molecule has 4 heterocycles. The Kier molecular flexibility index (Phi) is 5.90. The van der Waals surface area contributed by atoms with Crippen molar-refractivity contribution < 1.29 is 9.18 Å². The van der Waals surface area contributed by atoms with Gasteiger partial charge in [-0.25, -0.2) is 9.37 Å². The van der Waals surface area contributed by atoms with E-state index in [2.05, 4.69) is 31.8 Å². The molecule has 168 valence electrons. The van der Waals surface area contributed by atoms with Crippen molar-refractivity contribution in [1.29, 1.82) is 0 Å². The van der Waals surface area contributed by atoms with E-state index in [4.69, 9.17) is 5.73 Å². The number of nitrogens with two attached hydrogens (primary N) is 1. The molecule has 0 bridgehead atoms. The van der Waals surface area contributed by atoms with Gasteiger partial charge in [0, 0.05) is 36.3 Å². The SMILES string of the molecule is NC1CCCN(c2c(F)cccc2NC(=O)c2ncc(-c3cnn(CC4=C=C=CS4)c3)[nH]2)C1. The maximum Gasteiger partial charge on any atom is 0.291 e. The average Bonchev–Trinajstić information content (AvgIpc) is 3.56. The number of thioether (sulfide) groups is 1. The van der Waals surface area contributed by atoms with Gasteiger partial charge in [0.05, 0.1) is 40.9 Å². The summed E-state index contributed by atoms with van der Waals surface area (Å²) in [6.07, 6.45) is 6.94. The van der Waals surface area contributed by atoms with Crippen LogP contribution in [0.5, 0.6) is 0 Å². The largest absolute Gasteiger partial charge is 0.366 e. The minimum atomic E-state index is -0.453. The number of hydrogen-bond acceptors (Lipinski definition) is 6. The zero-order valence-electron chi connectivity index (χ0n) is 17.7. The van der Waals surface area contributed by atoms with Gasteiger partial charge in [0.1, 0.15) is 5.82 Å². The fourth-order valence-corrected chi connectivity index (χ4v) is 4.55. The Morgan fingerprint density at radius 2 is 2.30 bits per heavy atom. The van der Waals surface area contributed by atoms with Gasteiger partial charge < -0.3 is 20.9 Å². The van der Waals surface area contributed by atoms with Crippen molar-refractivity contribution in [1.82, 2.24) is 19.7 Å². The van der Waals surface area contributed by atoms with Gasteiger partial charge in [0.25, 0.3) is 5.91 Å². The second kappa shape index (κ2) is 9.13. The predicted molar refractivity (Wildman–Crippen MR) is 126 cm³/mol. The quantitative estimate of drug-likeness (QED) is 0.484. The molecule has 1 aromatic carbocycles. The van der Waals surface area contributed by atoms with Crippen LogP contribution in [0, 0.1) is 5.82 Å². The van der Waals surface area contributed by atoms with E-state index in [9.17, 15) is 9.18 Å². The number of anilines is 2. The Labute approximate surface area is 194 Å². The van der Waals surface area contributed by atoms with Gasteiger partial charge in [0.2, 0.25) is 0 Å². The number of piperidine rings is 1. The van der Waals surface area contributed by atoms with E-state index in [0.717, 1.165) is 23.3 Å². The molecule has 8 nitrogen and oxygen atoms in total. The molecular weight excluding hydrogens is 441 g/mol. The van der Waals surface area contributed by atoms with E-state index in [-0.39, 0.29) is 11.9 Å². The van der Waals surface area contributed by atoms with Gasteiger partial charge in [-0.15, -0.1) is 0 Å². The minimum Gasteiger partial charge on any atom is -0.366 e. The molecule has 1 saturated heterocycles. The highest BCUT2D eigenvalue weighted by Gasteiger charge is 2.23. The van der Waals surface area contributed by atoms with Gasteiger partial charge in [0.15, 0.2) is 5.82 Å². The predicted octanol–water partition coefficient (Wildman–Crippen LogP) is 3.49. The summed E-state index contributed by atoms with van der Waals surface area (Å²) < 4.78 is 16.5. The van der Waals surface area contributed by atoms with Gasteiger partial charge in [-0.3, -0.25) is 9.48 Å². The van der Waals surface area contributed by atoms with Crippen LogP contribution in [0.15, 0.2) is 58.6 Å². The topological polar surface area (TPSA) is 105 Å². The van der Waals surface area contributed by atoms with Crippen molar-refractivity contribution in [2.75, 3.05) is 23.3 Å². The molecule has 2 aromatic heterocycles. The lowest BCUT2D eigenvalue weighted by Gasteiger charge is -2.34. The summed E-state index contributed by atoms with van der Waals surface area (Å²) in [5.41, 5.74) is 14.2. The van der Waals surface area contributed by atoms with Crippen LogP contribution in [-0.2, 0) is 6.54 Å². The van der Waals surface area contributed by atoms with Crippen LogP contribution in [0.25, 0.3) is 11.3 Å². The molecule has 0 radical (unpaired) electrons. The molecule has 33 heavy (non-hydrogen) atoms. The first-order valence-corrected chi connectivity index (χ1v) is 11.5. The maximum absolute atomic E-state index is 14.7. The third-order valence-electron chi connectivity index (χ3n) is 5.52. The van der Waals surface area contributed by atoms with E-state index in [1.165, 1.54) is 6.07 Å². The highest BCUT2D eigenvalue weighted by atomic mass is 32.2. The van der Waals surface area contributed by atoms with Crippen molar-refractivity contribution in [3.8, 4) is 11.3 Å². The van der Waals surface area contributed by atoms with Crippen molar-refractivity contribution in [2.24, 2.45) is 5.73 Å². The number of hydrogen-bond donors (Lipinski definition) is 3. The van der Waals surface area contributed by atoms with Gasteiger partial charge >= 0.3 is 0 Å². The zero-order chi connectivity index (χ0) is 22.8. The van der Waals surface area contributed by atoms with E-state index in [1.54, 1.807) is 41.0 Å². The third-order valence-corrected chi connectivity index (χ3v) is 6.27. The smallest absolute Gasteiger partial charge is 0.291 e. The van der Waals surface area contributed by atoms with Crippen LogP contribution in [0.3, 0.4) is 0 Å². The van der Waals surface area contributed by atoms with Crippen LogP contribution < -0.4 is 16.0 Å². The molecule has 10 heteroatoms. The van der Waals surface area contributed by atoms with Gasteiger partial charge in [-0.2, -0.15) is 5.10 Å². The van der Waals surface area contributed by atoms with Crippen LogP contribution in [0.1, 0.15) is 23.5 Å². The van der Waals surface area contributed by atoms with Crippen LogP contribution in [0.2, 0.25) is 0 Å². The monoisotopic (exact) mass is 463 g/mol. The number of nitrogens with one attached hydrogen (secondary N) is 2. The summed E-state index contributed by atoms with van der Waals surface area (Å²) in [5.74, 6) is -0.718. The zero-order valence-corrected chi connectivity index (χ0v) is 18.5. The lowest BCUT2D eigenvalue weighted by atomic mass is 10.1. The Morgan fingerprint density at radius 1 is 1.39 bits per heavy atom. The van der Waals surface area contributed by atoms with Gasteiger partial charge in [-0.05, 0) is 25.0 Å². The molecule has 5 rings (SSSR count). The summed E-state index contributed by atoms with van der Waals surface area (Å²) >= 11 is 1.56. The molecule has 0 spiro atoms. The lowest BCUT2D eigenvalue weighted by Crippen LogP contribution is -2.43. The van der Waals surface area contributed by atoms with E-state index in [0.29, 0.717) is 36.7 Å². The number of aromatic amines is 1. The number of imidazole rings is 1. The normalized spacial score (nSPS) is 17.5. The Bertz CT molecular complexity index is 1300. The number of halogens is 1. The number of amides is 1. The molecule has 1 fully saturated rings. The summed E-state index contributed by atoms with van der Waals surface area (Å²) in [6, 6.07) is 4.62. The number of carbonyl (C=O) groups is 1. The number of benzene rings is 1. The van der Waals surface area contributed by atoms with Crippen LogP contribution >= 0.6 is 11.8 Å². The minimum absolute atomic E-state index is 0.0219. The summed E-state index contributed by atoms with van der Waals surface area (Å²) in [6.45, 7) is 1.83. The molecule has 1 unspecified atom stereocenters. The van der Waals surface area contributed by atoms with Crippen molar-refractivity contribution >= 4 is 29.0 Å². The molecule has 0 saturated carbocycles. The molecule has 4 N–H and O–H groups in total. The second-order valence-corrected chi connectivity index (χ2v) is 8.90. The first kappa shape index (κ1) is 21.3. The number of H-pyrrole nitrogens is 1. The van der Waals surface area contributed by atoms with E-state index < -0.39 is 11.7 Å². The maximum atomic E-state index is 14.7. The Morgan fingerprint density at radius 3 is 3.12 bits per heavy atom. The van der Waals surface area contributed by atoms with Crippen molar-refractivity contribution in [2.45, 2.75) is 25.4 Å². The number of allylic oxidation sites excluding steroid dienone is 1. The number of para-hydroxylation sites is 1. The third kappa shape index (κ3) is 4.65.